The average molecular weight is 334 g/mol. The van der Waals surface area contributed by atoms with Crippen LogP contribution in [-0.2, 0) is 6.42 Å². The SMILES string of the molecule is Cc1cc(Oc2cccc3c2OC(C)(C)C3)ncc1Br. The molecule has 0 atom stereocenters. The summed E-state index contributed by atoms with van der Waals surface area (Å²) in [5.41, 5.74) is 2.09. The Morgan fingerprint density at radius 1 is 1.35 bits per heavy atom. The number of pyridine rings is 1. The monoisotopic (exact) mass is 333 g/mol. The van der Waals surface area contributed by atoms with Crippen molar-refractivity contribution in [3.63, 3.8) is 0 Å². The topological polar surface area (TPSA) is 31.4 Å². The maximum absolute atomic E-state index is 5.99. The zero-order valence-electron chi connectivity index (χ0n) is 11.7. The zero-order chi connectivity index (χ0) is 14.3. The van der Waals surface area contributed by atoms with E-state index in [0.717, 1.165) is 28.0 Å². The van der Waals surface area contributed by atoms with Crippen LogP contribution in [0, 0.1) is 6.92 Å². The van der Waals surface area contributed by atoms with Gasteiger partial charge < -0.3 is 9.47 Å². The minimum atomic E-state index is -0.176. The number of nitrogens with zero attached hydrogens (tertiary/aromatic N) is 1. The van der Waals surface area contributed by atoms with Gasteiger partial charge in [0, 0.05) is 28.7 Å². The van der Waals surface area contributed by atoms with Crippen LogP contribution in [0.4, 0.5) is 0 Å². The van der Waals surface area contributed by atoms with Crippen LogP contribution in [0.3, 0.4) is 0 Å². The number of para-hydroxylation sites is 1. The highest BCUT2D eigenvalue weighted by molar-refractivity contribution is 9.10. The van der Waals surface area contributed by atoms with Crippen LogP contribution in [-0.4, -0.2) is 10.6 Å². The highest BCUT2D eigenvalue weighted by Gasteiger charge is 2.32. The number of hydrogen-bond acceptors (Lipinski definition) is 3. The Balaban J connectivity index is 1.93. The number of halogens is 1. The lowest BCUT2D eigenvalue weighted by molar-refractivity contribution is 0.135. The van der Waals surface area contributed by atoms with Gasteiger partial charge in [0.1, 0.15) is 5.60 Å². The highest BCUT2D eigenvalue weighted by Crippen LogP contribution is 2.43. The molecule has 1 aromatic heterocycles. The normalized spacial score (nSPS) is 15.6. The number of aryl methyl sites for hydroxylation is 1. The Bertz CT molecular complexity index is 668. The van der Waals surface area contributed by atoms with Crippen LogP contribution in [0.15, 0.2) is 34.9 Å². The van der Waals surface area contributed by atoms with E-state index in [1.165, 1.54) is 5.56 Å². The molecule has 1 aromatic carbocycles. The summed E-state index contributed by atoms with van der Waals surface area (Å²) in [6, 6.07) is 7.89. The van der Waals surface area contributed by atoms with Gasteiger partial charge in [-0.1, -0.05) is 12.1 Å². The molecule has 0 amide bonds. The molecule has 1 aliphatic rings. The van der Waals surface area contributed by atoms with E-state index in [0.29, 0.717) is 5.88 Å². The van der Waals surface area contributed by atoms with E-state index >= 15 is 0 Å². The lowest BCUT2D eigenvalue weighted by Crippen LogP contribution is -2.24. The molecule has 4 heteroatoms. The van der Waals surface area contributed by atoms with E-state index < -0.39 is 0 Å². The van der Waals surface area contributed by atoms with Crippen molar-refractivity contribution in [3.8, 4) is 17.4 Å². The lowest BCUT2D eigenvalue weighted by atomic mass is 10.0. The van der Waals surface area contributed by atoms with Crippen LogP contribution in [0.25, 0.3) is 0 Å². The number of ether oxygens (including phenoxy) is 2. The summed E-state index contributed by atoms with van der Waals surface area (Å²) < 4.78 is 12.9. The van der Waals surface area contributed by atoms with Crippen molar-refractivity contribution in [3.05, 3.63) is 46.1 Å². The average Bonchev–Trinajstić information content (AvgIpc) is 2.69. The van der Waals surface area contributed by atoms with Crippen molar-refractivity contribution in [2.24, 2.45) is 0 Å². The number of rotatable bonds is 2. The molecule has 2 heterocycles. The number of benzene rings is 1. The maximum atomic E-state index is 5.99. The molecule has 0 bridgehead atoms. The molecule has 0 radical (unpaired) electrons. The Labute approximate surface area is 127 Å². The standard InChI is InChI=1S/C16H16BrNO2/c1-10-7-14(18-9-12(10)17)19-13-6-4-5-11-8-16(2,3)20-15(11)13/h4-7,9H,8H2,1-3H3. The maximum Gasteiger partial charge on any atom is 0.219 e. The first kappa shape index (κ1) is 13.4. The third-order valence-electron chi connectivity index (χ3n) is 3.29. The van der Waals surface area contributed by atoms with Gasteiger partial charge in [0.05, 0.1) is 0 Å². The van der Waals surface area contributed by atoms with Gasteiger partial charge in [-0.25, -0.2) is 4.98 Å². The largest absolute Gasteiger partial charge is 0.483 e. The van der Waals surface area contributed by atoms with E-state index in [9.17, 15) is 0 Å². The van der Waals surface area contributed by atoms with Gasteiger partial charge in [-0.3, -0.25) is 0 Å². The van der Waals surface area contributed by atoms with Crippen LogP contribution < -0.4 is 9.47 Å². The van der Waals surface area contributed by atoms with Crippen molar-refractivity contribution in [1.29, 1.82) is 0 Å². The first-order valence-electron chi connectivity index (χ1n) is 6.55. The molecule has 104 valence electrons. The summed E-state index contributed by atoms with van der Waals surface area (Å²) in [7, 11) is 0. The Morgan fingerprint density at radius 2 is 2.15 bits per heavy atom. The molecule has 0 aliphatic carbocycles. The summed E-state index contributed by atoms with van der Waals surface area (Å²) in [4.78, 5) is 4.27. The summed E-state index contributed by atoms with van der Waals surface area (Å²) in [5.74, 6) is 2.13. The molecule has 3 nitrogen and oxygen atoms in total. The van der Waals surface area contributed by atoms with E-state index in [2.05, 4.69) is 40.8 Å². The Kier molecular flexibility index (Phi) is 3.21. The summed E-state index contributed by atoms with van der Waals surface area (Å²) >= 11 is 3.44. The van der Waals surface area contributed by atoms with Gasteiger partial charge >= 0.3 is 0 Å². The third kappa shape index (κ3) is 2.52. The predicted molar refractivity (Wildman–Crippen MR) is 81.6 cm³/mol. The fraction of sp³-hybridized carbons (Fsp3) is 0.312. The van der Waals surface area contributed by atoms with Gasteiger partial charge in [0.2, 0.25) is 5.88 Å². The molecule has 0 fully saturated rings. The van der Waals surface area contributed by atoms with Gasteiger partial charge in [-0.2, -0.15) is 0 Å². The second-order valence-electron chi connectivity index (χ2n) is 5.66. The molecule has 2 aromatic rings. The van der Waals surface area contributed by atoms with Crippen molar-refractivity contribution in [1.82, 2.24) is 4.98 Å². The first-order chi connectivity index (χ1) is 9.44. The molecule has 0 unspecified atom stereocenters. The fourth-order valence-electron chi connectivity index (χ4n) is 2.35. The lowest BCUT2D eigenvalue weighted by Gasteiger charge is -2.18. The Morgan fingerprint density at radius 3 is 2.90 bits per heavy atom. The molecular formula is C16H16BrNO2. The van der Waals surface area contributed by atoms with Gasteiger partial charge in [-0.05, 0) is 48.3 Å². The summed E-state index contributed by atoms with van der Waals surface area (Å²) in [6.45, 7) is 6.17. The Hall–Kier alpha value is -1.55. The molecule has 0 spiro atoms. The second kappa shape index (κ2) is 4.77. The molecule has 0 saturated heterocycles. The van der Waals surface area contributed by atoms with Gasteiger partial charge in [0.25, 0.3) is 0 Å². The number of hydrogen-bond donors (Lipinski definition) is 0. The fourth-order valence-corrected chi connectivity index (χ4v) is 2.57. The van der Waals surface area contributed by atoms with Crippen LogP contribution in [0.5, 0.6) is 17.4 Å². The number of fused-ring (bicyclic) bond motifs is 1. The molecule has 0 saturated carbocycles. The van der Waals surface area contributed by atoms with Crippen LogP contribution in [0.1, 0.15) is 25.0 Å². The zero-order valence-corrected chi connectivity index (χ0v) is 13.3. The molecule has 0 N–H and O–H groups in total. The molecule has 3 rings (SSSR count). The molecular weight excluding hydrogens is 318 g/mol. The number of aromatic nitrogens is 1. The molecule has 20 heavy (non-hydrogen) atoms. The van der Waals surface area contributed by atoms with E-state index in [1.54, 1.807) is 6.20 Å². The first-order valence-corrected chi connectivity index (χ1v) is 7.35. The van der Waals surface area contributed by atoms with Gasteiger partial charge in [0.15, 0.2) is 11.5 Å². The van der Waals surface area contributed by atoms with Gasteiger partial charge in [-0.15, -0.1) is 0 Å². The van der Waals surface area contributed by atoms with Crippen LogP contribution >= 0.6 is 15.9 Å². The summed E-state index contributed by atoms with van der Waals surface area (Å²) in [5, 5.41) is 0. The van der Waals surface area contributed by atoms with E-state index in [4.69, 9.17) is 9.47 Å². The quantitative estimate of drug-likeness (QED) is 0.800. The van der Waals surface area contributed by atoms with Crippen molar-refractivity contribution < 1.29 is 9.47 Å². The van der Waals surface area contributed by atoms with Crippen molar-refractivity contribution in [2.75, 3.05) is 0 Å². The van der Waals surface area contributed by atoms with Crippen LogP contribution in [0.2, 0.25) is 0 Å². The minimum Gasteiger partial charge on any atom is -0.483 e. The van der Waals surface area contributed by atoms with E-state index in [-0.39, 0.29) is 5.60 Å². The van der Waals surface area contributed by atoms with Crippen molar-refractivity contribution >= 4 is 15.9 Å². The predicted octanol–water partition coefficient (Wildman–Crippen LogP) is 4.66. The van der Waals surface area contributed by atoms with E-state index in [1.807, 2.05) is 25.1 Å². The molecule has 1 aliphatic heterocycles. The smallest absolute Gasteiger partial charge is 0.219 e. The summed E-state index contributed by atoms with van der Waals surface area (Å²) in [6.07, 6.45) is 2.64. The second-order valence-corrected chi connectivity index (χ2v) is 6.51. The third-order valence-corrected chi connectivity index (χ3v) is 4.12. The minimum absolute atomic E-state index is 0.176. The highest BCUT2D eigenvalue weighted by atomic mass is 79.9. The van der Waals surface area contributed by atoms with Crippen molar-refractivity contribution in [2.45, 2.75) is 32.8 Å².